The molecule has 19 heavy (non-hydrogen) atoms. The molecule has 0 saturated carbocycles. The van der Waals surface area contributed by atoms with Crippen molar-refractivity contribution in [2.45, 2.75) is 32.4 Å². The van der Waals surface area contributed by atoms with Crippen LogP contribution in [-0.4, -0.2) is 36.2 Å². The van der Waals surface area contributed by atoms with E-state index in [2.05, 4.69) is 28.2 Å². The van der Waals surface area contributed by atoms with Gasteiger partial charge in [0.2, 0.25) is 5.91 Å². The number of amides is 1. The van der Waals surface area contributed by atoms with E-state index in [0.29, 0.717) is 13.0 Å². The highest BCUT2D eigenvalue weighted by molar-refractivity contribution is 9.10. The second-order valence-electron chi connectivity index (χ2n) is 5.01. The zero-order valence-electron chi connectivity index (χ0n) is 11.2. The van der Waals surface area contributed by atoms with Crippen molar-refractivity contribution < 1.29 is 9.90 Å². The van der Waals surface area contributed by atoms with Crippen molar-refractivity contribution in [3.63, 3.8) is 0 Å². The Kier molecular flexibility index (Phi) is 4.60. The monoisotopic (exact) mass is 326 g/mol. The zero-order chi connectivity index (χ0) is 14.0. The van der Waals surface area contributed by atoms with E-state index in [1.807, 2.05) is 25.1 Å². The number of hydrogen-bond donors (Lipinski definition) is 2. The average Bonchev–Trinajstić information content (AvgIpc) is 2.37. The van der Waals surface area contributed by atoms with Gasteiger partial charge in [0.1, 0.15) is 0 Å². The molecule has 104 valence electrons. The van der Waals surface area contributed by atoms with Gasteiger partial charge in [-0.2, -0.15) is 0 Å². The minimum Gasteiger partial charge on any atom is -0.396 e. The van der Waals surface area contributed by atoms with Crippen molar-refractivity contribution in [1.82, 2.24) is 5.32 Å². The van der Waals surface area contributed by atoms with E-state index in [1.165, 1.54) is 0 Å². The maximum atomic E-state index is 12.4. The van der Waals surface area contributed by atoms with Gasteiger partial charge in [-0.15, -0.1) is 0 Å². The summed E-state index contributed by atoms with van der Waals surface area (Å²) in [6, 6.07) is 5.85. The number of aliphatic hydroxyl groups is 1. The third kappa shape index (κ3) is 3.16. The average molecular weight is 327 g/mol. The van der Waals surface area contributed by atoms with Crippen LogP contribution in [0.2, 0.25) is 0 Å². The number of piperazine rings is 1. The molecule has 2 atom stereocenters. The summed E-state index contributed by atoms with van der Waals surface area (Å²) in [5, 5.41) is 12.3. The first-order chi connectivity index (χ1) is 9.02. The Labute approximate surface area is 121 Å². The van der Waals surface area contributed by atoms with Crippen LogP contribution < -0.4 is 10.2 Å². The maximum Gasteiger partial charge on any atom is 0.244 e. The van der Waals surface area contributed by atoms with Crippen LogP contribution in [0.15, 0.2) is 22.7 Å². The molecule has 1 aliphatic heterocycles. The van der Waals surface area contributed by atoms with Crippen molar-refractivity contribution >= 4 is 27.5 Å². The zero-order valence-corrected chi connectivity index (χ0v) is 12.8. The molecule has 1 saturated heterocycles. The summed E-state index contributed by atoms with van der Waals surface area (Å²) in [5.74, 6) is 0.0360. The number of benzene rings is 1. The summed E-state index contributed by atoms with van der Waals surface area (Å²) in [4.78, 5) is 14.2. The van der Waals surface area contributed by atoms with E-state index in [1.54, 1.807) is 4.90 Å². The van der Waals surface area contributed by atoms with Gasteiger partial charge in [-0.3, -0.25) is 4.79 Å². The van der Waals surface area contributed by atoms with Crippen LogP contribution in [0.1, 0.15) is 18.9 Å². The van der Waals surface area contributed by atoms with Crippen LogP contribution in [0.25, 0.3) is 0 Å². The molecule has 0 spiro atoms. The lowest BCUT2D eigenvalue weighted by molar-refractivity contribution is -0.122. The third-order valence-corrected chi connectivity index (χ3v) is 4.27. The lowest BCUT2D eigenvalue weighted by Crippen LogP contribution is -2.59. The standard InChI is InChI=1S/C14H19BrN2O2/c1-9-7-11(3-4-12(9)15)17-8-10(2)16-13(5-6-18)14(17)19/h3-4,7,10,13,16,18H,5-6,8H2,1-2H3. The molecular formula is C14H19BrN2O2. The minimum atomic E-state index is -0.294. The molecule has 1 aromatic carbocycles. The maximum absolute atomic E-state index is 12.4. The van der Waals surface area contributed by atoms with E-state index in [9.17, 15) is 4.79 Å². The fourth-order valence-corrected chi connectivity index (χ4v) is 2.63. The summed E-state index contributed by atoms with van der Waals surface area (Å²) in [6.07, 6.45) is 0.454. The van der Waals surface area contributed by atoms with Crippen LogP contribution in [0.4, 0.5) is 5.69 Å². The van der Waals surface area contributed by atoms with Gasteiger partial charge >= 0.3 is 0 Å². The number of nitrogens with zero attached hydrogens (tertiary/aromatic N) is 1. The molecule has 1 aliphatic rings. The SMILES string of the molecule is Cc1cc(N2CC(C)NC(CCO)C2=O)ccc1Br. The molecule has 0 radical (unpaired) electrons. The molecule has 2 N–H and O–H groups in total. The third-order valence-electron chi connectivity index (χ3n) is 3.38. The first kappa shape index (κ1) is 14.5. The predicted octanol–water partition coefficient (Wildman–Crippen LogP) is 1.83. The molecule has 1 amide bonds. The van der Waals surface area contributed by atoms with Crippen molar-refractivity contribution in [3.05, 3.63) is 28.2 Å². The largest absolute Gasteiger partial charge is 0.396 e. The summed E-state index contributed by atoms with van der Waals surface area (Å²) in [7, 11) is 0. The number of nitrogens with one attached hydrogen (secondary N) is 1. The first-order valence-corrected chi connectivity index (χ1v) is 7.26. The van der Waals surface area contributed by atoms with Crippen LogP contribution in [0.3, 0.4) is 0 Å². The summed E-state index contributed by atoms with van der Waals surface area (Å²) in [5.41, 5.74) is 2.03. The van der Waals surface area contributed by atoms with E-state index >= 15 is 0 Å². The van der Waals surface area contributed by atoms with Crippen molar-refractivity contribution in [3.8, 4) is 0 Å². The van der Waals surface area contributed by atoms with Gasteiger partial charge in [0.15, 0.2) is 0 Å². The molecule has 2 unspecified atom stereocenters. The molecule has 1 fully saturated rings. The van der Waals surface area contributed by atoms with Gasteiger partial charge in [-0.25, -0.2) is 0 Å². The topological polar surface area (TPSA) is 52.6 Å². The molecule has 1 aromatic rings. The summed E-state index contributed by atoms with van der Waals surface area (Å²) in [6.45, 7) is 4.73. The Bertz CT molecular complexity index is 479. The number of carbonyl (C=O) groups excluding carboxylic acids is 1. The molecule has 4 nitrogen and oxygen atoms in total. The molecule has 5 heteroatoms. The smallest absolute Gasteiger partial charge is 0.244 e. The van der Waals surface area contributed by atoms with Crippen LogP contribution in [0, 0.1) is 6.92 Å². The highest BCUT2D eigenvalue weighted by Crippen LogP contribution is 2.25. The number of carbonyl (C=O) groups is 1. The van der Waals surface area contributed by atoms with Crippen molar-refractivity contribution in [2.75, 3.05) is 18.1 Å². The first-order valence-electron chi connectivity index (χ1n) is 6.47. The van der Waals surface area contributed by atoms with Crippen molar-refractivity contribution in [1.29, 1.82) is 0 Å². The van der Waals surface area contributed by atoms with E-state index < -0.39 is 0 Å². The van der Waals surface area contributed by atoms with Gasteiger partial charge < -0.3 is 15.3 Å². The Morgan fingerprint density at radius 3 is 2.89 bits per heavy atom. The van der Waals surface area contributed by atoms with E-state index in [-0.39, 0.29) is 24.6 Å². The molecule has 0 aromatic heterocycles. The summed E-state index contributed by atoms with van der Waals surface area (Å²) >= 11 is 3.47. The second kappa shape index (κ2) is 6.03. The molecule has 1 heterocycles. The van der Waals surface area contributed by atoms with Gasteiger partial charge in [0.25, 0.3) is 0 Å². The molecular weight excluding hydrogens is 308 g/mol. The normalized spacial score (nSPS) is 23.8. The fraction of sp³-hybridized carbons (Fsp3) is 0.500. The molecule has 2 rings (SSSR count). The lowest BCUT2D eigenvalue weighted by Gasteiger charge is -2.37. The number of hydrogen-bond acceptors (Lipinski definition) is 3. The van der Waals surface area contributed by atoms with Crippen molar-refractivity contribution in [2.24, 2.45) is 0 Å². The lowest BCUT2D eigenvalue weighted by atomic mass is 10.1. The molecule has 0 aliphatic carbocycles. The molecule has 0 bridgehead atoms. The second-order valence-corrected chi connectivity index (χ2v) is 5.87. The summed E-state index contributed by atoms with van der Waals surface area (Å²) < 4.78 is 1.04. The quantitative estimate of drug-likeness (QED) is 0.891. The number of aryl methyl sites for hydroxylation is 1. The Hall–Kier alpha value is -0.910. The highest BCUT2D eigenvalue weighted by Gasteiger charge is 2.32. The van der Waals surface area contributed by atoms with Crippen LogP contribution in [0.5, 0.6) is 0 Å². The van der Waals surface area contributed by atoms with Crippen LogP contribution >= 0.6 is 15.9 Å². The number of aliphatic hydroxyl groups excluding tert-OH is 1. The van der Waals surface area contributed by atoms with E-state index in [0.717, 1.165) is 15.7 Å². The highest BCUT2D eigenvalue weighted by atomic mass is 79.9. The fourth-order valence-electron chi connectivity index (χ4n) is 2.38. The van der Waals surface area contributed by atoms with Gasteiger partial charge in [0.05, 0.1) is 6.04 Å². The minimum absolute atomic E-state index is 0.0172. The predicted molar refractivity (Wildman–Crippen MR) is 79.3 cm³/mol. The van der Waals surface area contributed by atoms with Gasteiger partial charge in [-0.05, 0) is 44.0 Å². The van der Waals surface area contributed by atoms with Gasteiger partial charge in [-0.1, -0.05) is 15.9 Å². The number of anilines is 1. The Balaban J connectivity index is 2.26. The Morgan fingerprint density at radius 2 is 2.26 bits per heavy atom. The number of rotatable bonds is 3. The van der Waals surface area contributed by atoms with E-state index in [4.69, 9.17) is 5.11 Å². The van der Waals surface area contributed by atoms with Gasteiger partial charge in [0, 0.05) is 29.4 Å². The Morgan fingerprint density at radius 1 is 1.53 bits per heavy atom. The number of halogens is 1. The van der Waals surface area contributed by atoms with Crippen LogP contribution in [-0.2, 0) is 4.79 Å².